The molecule has 0 aliphatic carbocycles. The second-order valence-corrected chi connectivity index (χ2v) is 5.24. The van der Waals surface area contributed by atoms with E-state index in [0.29, 0.717) is 18.0 Å². The lowest BCUT2D eigenvalue weighted by Crippen LogP contribution is -2.57. The van der Waals surface area contributed by atoms with Crippen LogP contribution in [0.2, 0.25) is 0 Å². The average Bonchev–Trinajstić information content (AvgIpc) is 2.90. The quantitative estimate of drug-likeness (QED) is 0.864. The molecule has 0 amide bonds. The van der Waals surface area contributed by atoms with Crippen molar-refractivity contribution in [2.75, 3.05) is 13.1 Å². The summed E-state index contributed by atoms with van der Waals surface area (Å²) in [6.45, 7) is 9.73. The third kappa shape index (κ3) is 3.09. The molecule has 1 N–H and O–H groups in total. The fraction of sp³-hybridized carbons (Fsp3) is 0.846. The summed E-state index contributed by atoms with van der Waals surface area (Å²) in [7, 11) is 0. The van der Waals surface area contributed by atoms with Crippen LogP contribution < -0.4 is 5.32 Å². The van der Waals surface area contributed by atoms with Gasteiger partial charge in [0.05, 0.1) is 6.54 Å². The summed E-state index contributed by atoms with van der Waals surface area (Å²) in [5, 5.41) is 7.60. The van der Waals surface area contributed by atoms with Gasteiger partial charge in [-0.1, -0.05) is 32.3 Å². The van der Waals surface area contributed by atoms with Crippen LogP contribution in [-0.2, 0) is 6.54 Å². The van der Waals surface area contributed by atoms with Gasteiger partial charge in [-0.05, 0) is 12.3 Å². The van der Waals surface area contributed by atoms with Crippen molar-refractivity contribution in [3.05, 3.63) is 12.2 Å². The van der Waals surface area contributed by atoms with E-state index in [4.69, 9.17) is 4.52 Å². The third-order valence-corrected chi connectivity index (χ3v) is 4.12. The molecule has 3 atom stereocenters. The molecule has 0 radical (unpaired) electrons. The smallest absolute Gasteiger partial charge is 0.213 e. The zero-order chi connectivity index (χ0) is 13.0. The van der Waals surface area contributed by atoms with Gasteiger partial charge < -0.3 is 9.84 Å². The summed E-state index contributed by atoms with van der Waals surface area (Å²) in [6, 6.07) is 1.15. The van der Waals surface area contributed by atoms with Gasteiger partial charge in [0, 0.05) is 25.2 Å². The van der Waals surface area contributed by atoms with Crippen LogP contribution in [0, 0.1) is 5.92 Å². The summed E-state index contributed by atoms with van der Waals surface area (Å²) in [5.74, 6) is 1.49. The maximum atomic E-state index is 4.82. The Morgan fingerprint density at radius 1 is 1.56 bits per heavy atom. The fourth-order valence-corrected chi connectivity index (χ4v) is 2.59. The average molecular weight is 252 g/mol. The standard InChI is InChI=1S/C13H24N4O/c1-4-10(3)12-7-17(11(5-2)6-14-12)8-13-15-9-18-16-13/h9-12,14H,4-8H2,1-3H3. The Bertz CT molecular complexity index is 341. The SMILES string of the molecule is CCC(C)C1CN(Cc2ncon2)C(CC)CN1. The number of nitrogens with zero attached hydrogens (tertiary/aromatic N) is 3. The molecule has 1 aliphatic rings. The summed E-state index contributed by atoms with van der Waals surface area (Å²) < 4.78 is 4.82. The molecule has 5 heteroatoms. The van der Waals surface area contributed by atoms with Crippen molar-refractivity contribution in [2.24, 2.45) is 5.92 Å². The highest BCUT2D eigenvalue weighted by atomic mass is 16.5. The van der Waals surface area contributed by atoms with Crippen molar-refractivity contribution >= 4 is 0 Å². The second kappa shape index (κ2) is 6.29. The third-order valence-electron chi connectivity index (χ3n) is 4.12. The van der Waals surface area contributed by atoms with Crippen molar-refractivity contribution in [1.82, 2.24) is 20.4 Å². The van der Waals surface area contributed by atoms with Crippen LogP contribution in [0.5, 0.6) is 0 Å². The maximum absolute atomic E-state index is 4.82. The van der Waals surface area contributed by atoms with Gasteiger partial charge in [-0.15, -0.1) is 0 Å². The van der Waals surface area contributed by atoms with Crippen molar-refractivity contribution in [3.8, 4) is 0 Å². The molecule has 1 fully saturated rings. The largest absolute Gasteiger partial charge is 0.343 e. The zero-order valence-electron chi connectivity index (χ0n) is 11.6. The van der Waals surface area contributed by atoms with E-state index in [1.165, 1.54) is 12.8 Å². The maximum Gasteiger partial charge on any atom is 0.213 e. The molecule has 1 aromatic rings. The van der Waals surface area contributed by atoms with Gasteiger partial charge in [0.15, 0.2) is 5.82 Å². The predicted octanol–water partition coefficient (Wildman–Crippen LogP) is 1.67. The molecule has 1 aliphatic heterocycles. The number of hydrogen-bond donors (Lipinski definition) is 1. The van der Waals surface area contributed by atoms with Gasteiger partial charge in [0.2, 0.25) is 6.39 Å². The molecule has 1 aromatic heterocycles. The highest BCUT2D eigenvalue weighted by Crippen LogP contribution is 2.18. The van der Waals surface area contributed by atoms with Crippen LogP contribution in [0.1, 0.15) is 39.4 Å². The molecule has 1 saturated heterocycles. The van der Waals surface area contributed by atoms with E-state index in [9.17, 15) is 0 Å². The first-order valence-corrected chi connectivity index (χ1v) is 6.97. The first kappa shape index (κ1) is 13.5. The molecule has 18 heavy (non-hydrogen) atoms. The fourth-order valence-electron chi connectivity index (χ4n) is 2.59. The van der Waals surface area contributed by atoms with E-state index >= 15 is 0 Å². The molecule has 0 saturated carbocycles. The number of nitrogens with one attached hydrogen (secondary N) is 1. The molecule has 0 bridgehead atoms. The Kier molecular flexibility index (Phi) is 4.72. The molecule has 3 unspecified atom stereocenters. The summed E-state index contributed by atoms with van der Waals surface area (Å²) >= 11 is 0. The van der Waals surface area contributed by atoms with Crippen molar-refractivity contribution in [3.63, 3.8) is 0 Å². The van der Waals surface area contributed by atoms with Crippen LogP contribution in [0.25, 0.3) is 0 Å². The van der Waals surface area contributed by atoms with Crippen molar-refractivity contribution in [2.45, 2.75) is 52.2 Å². The number of aromatic nitrogens is 2. The molecule has 102 valence electrons. The number of piperazine rings is 1. The lowest BCUT2D eigenvalue weighted by atomic mass is 9.95. The first-order valence-electron chi connectivity index (χ1n) is 6.97. The Hall–Kier alpha value is -0.940. The monoisotopic (exact) mass is 252 g/mol. The zero-order valence-corrected chi connectivity index (χ0v) is 11.6. The van der Waals surface area contributed by atoms with Crippen molar-refractivity contribution < 1.29 is 4.52 Å². The molecule has 2 rings (SSSR count). The molecular weight excluding hydrogens is 228 g/mol. The topological polar surface area (TPSA) is 54.2 Å². The van der Waals surface area contributed by atoms with E-state index in [1.54, 1.807) is 0 Å². The van der Waals surface area contributed by atoms with E-state index in [0.717, 1.165) is 31.9 Å². The number of rotatable bonds is 5. The van der Waals surface area contributed by atoms with E-state index < -0.39 is 0 Å². The van der Waals surface area contributed by atoms with Gasteiger partial charge in [-0.25, -0.2) is 0 Å². The van der Waals surface area contributed by atoms with E-state index in [-0.39, 0.29) is 0 Å². The molecule has 5 nitrogen and oxygen atoms in total. The van der Waals surface area contributed by atoms with Gasteiger partial charge in [0.1, 0.15) is 0 Å². The van der Waals surface area contributed by atoms with Crippen LogP contribution >= 0.6 is 0 Å². The van der Waals surface area contributed by atoms with Gasteiger partial charge in [-0.2, -0.15) is 4.98 Å². The lowest BCUT2D eigenvalue weighted by Gasteiger charge is -2.41. The highest BCUT2D eigenvalue weighted by molar-refractivity contribution is 4.90. The second-order valence-electron chi connectivity index (χ2n) is 5.24. The van der Waals surface area contributed by atoms with Crippen molar-refractivity contribution in [1.29, 1.82) is 0 Å². The van der Waals surface area contributed by atoms with Crippen LogP contribution in [0.15, 0.2) is 10.9 Å². The predicted molar refractivity (Wildman–Crippen MR) is 70.0 cm³/mol. The van der Waals surface area contributed by atoms with Gasteiger partial charge >= 0.3 is 0 Å². The van der Waals surface area contributed by atoms with Gasteiger partial charge in [0.25, 0.3) is 0 Å². The molecule has 0 spiro atoms. The molecular formula is C13H24N4O. The van der Waals surface area contributed by atoms with Crippen LogP contribution in [0.4, 0.5) is 0 Å². The minimum absolute atomic E-state index is 0.573. The normalized spacial score (nSPS) is 27.3. The minimum atomic E-state index is 0.573. The Balaban J connectivity index is 1.99. The van der Waals surface area contributed by atoms with Gasteiger partial charge in [-0.3, -0.25) is 4.90 Å². The Morgan fingerprint density at radius 3 is 3.00 bits per heavy atom. The van der Waals surface area contributed by atoms with E-state index in [1.807, 2.05) is 0 Å². The van der Waals surface area contributed by atoms with Crippen LogP contribution in [-0.4, -0.2) is 40.2 Å². The summed E-state index contributed by atoms with van der Waals surface area (Å²) in [4.78, 5) is 6.61. The highest BCUT2D eigenvalue weighted by Gasteiger charge is 2.29. The molecule has 0 aromatic carbocycles. The van der Waals surface area contributed by atoms with Crippen LogP contribution in [0.3, 0.4) is 0 Å². The lowest BCUT2D eigenvalue weighted by molar-refractivity contribution is 0.0959. The minimum Gasteiger partial charge on any atom is -0.343 e. The Morgan fingerprint density at radius 2 is 2.39 bits per heavy atom. The summed E-state index contributed by atoms with van der Waals surface area (Å²) in [6.07, 6.45) is 3.77. The molecule has 2 heterocycles. The number of hydrogen-bond acceptors (Lipinski definition) is 5. The van der Waals surface area contributed by atoms with E-state index in [2.05, 4.69) is 41.1 Å². The first-order chi connectivity index (χ1) is 8.74. The summed E-state index contributed by atoms with van der Waals surface area (Å²) in [5.41, 5.74) is 0. The Labute approximate surface area is 109 Å².